The van der Waals surface area contributed by atoms with E-state index in [0.717, 1.165) is 0 Å². The third-order valence-corrected chi connectivity index (χ3v) is 3.01. The van der Waals surface area contributed by atoms with E-state index in [9.17, 15) is 19.5 Å². The number of aliphatic imine (C=N–C) groups is 1. The first-order valence-electron chi connectivity index (χ1n) is 8.09. The molecule has 9 heteroatoms. The molecule has 0 aliphatic carbocycles. The quantitative estimate of drug-likeness (QED) is 0.546. The molecule has 25 heavy (non-hydrogen) atoms. The number of ether oxygens (including phenoxy) is 2. The summed E-state index contributed by atoms with van der Waals surface area (Å²) in [5.41, 5.74) is -1.52. The Labute approximate surface area is 147 Å². The Balaban J connectivity index is 3.03. The zero-order valence-corrected chi connectivity index (χ0v) is 15.6. The Morgan fingerprint density at radius 2 is 1.64 bits per heavy atom. The van der Waals surface area contributed by atoms with Crippen LogP contribution in [-0.2, 0) is 14.3 Å². The Morgan fingerprint density at radius 1 is 1.08 bits per heavy atom. The minimum absolute atomic E-state index is 0.187. The summed E-state index contributed by atoms with van der Waals surface area (Å²) in [5, 5.41) is 11.7. The van der Waals surface area contributed by atoms with Gasteiger partial charge in [0.05, 0.1) is 0 Å². The summed E-state index contributed by atoms with van der Waals surface area (Å²) in [6.07, 6.45) is -0.764. The highest BCUT2D eigenvalue weighted by Crippen LogP contribution is 2.18. The zero-order valence-electron chi connectivity index (χ0n) is 15.6. The van der Waals surface area contributed by atoms with Gasteiger partial charge in [-0.25, -0.2) is 14.4 Å². The van der Waals surface area contributed by atoms with Crippen LogP contribution in [0, 0.1) is 0 Å². The second kappa shape index (κ2) is 7.71. The number of rotatable bonds is 1. The van der Waals surface area contributed by atoms with Gasteiger partial charge in [-0.15, -0.1) is 4.99 Å². The Kier molecular flexibility index (Phi) is 6.39. The number of hydrogen-bond acceptors (Lipinski definition) is 5. The maximum absolute atomic E-state index is 12.0. The molecule has 0 radical (unpaired) electrons. The minimum Gasteiger partial charge on any atom is -0.480 e. The molecular formula is C16H27N3O6. The predicted molar refractivity (Wildman–Crippen MR) is 90.4 cm³/mol. The number of nitrogens with one attached hydrogen (secondary N) is 1. The van der Waals surface area contributed by atoms with Crippen LogP contribution in [0.25, 0.3) is 0 Å². The fourth-order valence-corrected chi connectivity index (χ4v) is 2.21. The summed E-state index contributed by atoms with van der Waals surface area (Å²) in [6.45, 7) is 10.4. The summed E-state index contributed by atoms with van der Waals surface area (Å²) in [5.74, 6) is -1.24. The van der Waals surface area contributed by atoms with Crippen molar-refractivity contribution in [3.8, 4) is 0 Å². The van der Waals surface area contributed by atoms with Gasteiger partial charge in [0, 0.05) is 6.54 Å². The molecule has 1 fully saturated rings. The normalized spacial score (nSPS) is 18.7. The van der Waals surface area contributed by atoms with Crippen molar-refractivity contribution in [1.82, 2.24) is 10.2 Å². The van der Waals surface area contributed by atoms with Crippen molar-refractivity contribution in [3.05, 3.63) is 0 Å². The summed E-state index contributed by atoms with van der Waals surface area (Å²) in [7, 11) is 0. The zero-order chi connectivity index (χ0) is 19.4. The molecule has 1 atom stereocenters. The van der Waals surface area contributed by atoms with E-state index >= 15 is 0 Å². The number of nitrogens with zero attached hydrogens (tertiary/aromatic N) is 2. The van der Waals surface area contributed by atoms with Crippen molar-refractivity contribution in [2.45, 2.75) is 71.6 Å². The van der Waals surface area contributed by atoms with Crippen LogP contribution in [0.4, 0.5) is 9.59 Å². The molecule has 1 rings (SSSR count). The molecule has 9 nitrogen and oxygen atoms in total. The summed E-state index contributed by atoms with van der Waals surface area (Å²) < 4.78 is 10.3. The number of aliphatic carboxylic acids is 1. The van der Waals surface area contributed by atoms with E-state index in [2.05, 4.69) is 10.3 Å². The average molecular weight is 357 g/mol. The van der Waals surface area contributed by atoms with E-state index in [1.165, 1.54) is 4.90 Å². The van der Waals surface area contributed by atoms with E-state index in [4.69, 9.17) is 9.47 Å². The maximum atomic E-state index is 12.0. The number of amides is 2. The second-order valence-electron chi connectivity index (χ2n) is 7.73. The predicted octanol–water partition coefficient (Wildman–Crippen LogP) is 2.35. The van der Waals surface area contributed by atoms with Crippen LogP contribution >= 0.6 is 0 Å². The lowest BCUT2D eigenvalue weighted by Gasteiger charge is -2.27. The third-order valence-electron chi connectivity index (χ3n) is 3.01. The summed E-state index contributed by atoms with van der Waals surface area (Å²) in [6, 6.07) is -0.879. The molecule has 1 aliphatic heterocycles. The van der Waals surface area contributed by atoms with Gasteiger partial charge in [-0.2, -0.15) is 0 Å². The largest absolute Gasteiger partial charge is 0.480 e. The molecule has 0 bridgehead atoms. The van der Waals surface area contributed by atoms with Gasteiger partial charge in [-0.1, -0.05) is 0 Å². The number of hydrogen-bond donors (Lipinski definition) is 2. The number of carbonyl (C=O) groups is 3. The van der Waals surface area contributed by atoms with Crippen LogP contribution in [0.5, 0.6) is 0 Å². The number of likely N-dealkylation sites (tertiary alicyclic amines) is 1. The minimum atomic E-state index is -1.06. The van der Waals surface area contributed by atoms with Crippen molar-refractivity contribution < 1.29 is 29.0 Å². The van der Waals surface area contributed by atoms with Crippen LogP contribution < -0.4 is 5.32 Å². The van der Waals surface area contributed by atoms with Crippen LogP contribution in [-0.4, -0.2) is 57.9 Å². The number of carboxylic acid groups (broad SMARTS) is 1. The van der Waals surface area contributed by atoms with Crippen LogP contribution in [0.15, 0.2) is 4.99 Å². The van der Waals surface area contributed by atoms with Crippen molar-refractivity contribution >= 4 is 24.1 Å². The molecule has 0 spiro atoms. The standard InChI is InChI=1S/C16H27N3O6/c1-15(2,3)24-13(22)17-12(18-14(23)25-16(4,5)6)19-9-7-8-10(19)11(20)21/h10H,7-9H2,1-6H3,(H,20,21)(H,17,18,22,23)/t10-/m0/s1. The van der Waals surface area contributed by atoms with Gasteiger partial charge < -0.3 is 19.5 Å². The molecule has 1 heterocycles. The highest BCUT2D eigenvalue weighted by atomic mass is 16.6. The third kappa shape index (κ3) is 7.40. The van der Waals surface area contributed by atoms with Gasteiger partial charge in [-0.05, 0) is 54.4 Å². The van der Waals surface area contributed by atoms with Gasteiger partial charge in [0.2, 0.25) is 5.96 Å². The molecule has 142 valence electrons. The number of carboxylic acids is 1. The Hall–Kier alpha value is -2.32. The molecule has 0 unspecified atom stereocenters. The lowest BCUT2D eigenvalue weighted by Crippen LogP contribution is -2.50. The summed E-state index contributed by atoms with van der Waals surface area (Å²) in [4.78, 5) is 40.5. The van der Waals surface area contributed by atoms with Gasteiger partial charge >= 0.3 is 18.2 Å². The van der Waals surface area contributed by atoms with Crippen LogP contribution in [0.1, 0.15) is 54.4 Å². The van der Waals surface area contributed by atoms with Crippen molar-refractivity contribution in [3.63, 3.8) is 0 Å². The molecule has 0 aromatic rings. The number of alkyl carbamates (subject to hydrolysis) is 1. The second-order valence-corrected chi connectivity index (χ2v) is 7.73. The molecule has 0 saturated carbocycles. The first kappa shape index (κ1) is 20.7. The van der Waals surface area contributed by atoms with Crippen molar-refractivity contribution in [2.75, 3.05) is 6.54 Å². The van der Waals surface area contributed by atoms with Gasteiger partial charge in [0.25, 0.3) is 0 Å². The van der Waals surface area contributed by atoms with Gasteiger partial charge in [0.15, 0.2) is 0 Å². The lowest BCUT2D eigenvalue weighted by atomic mass is 10.2. The molecule has 1 aliphatic rings. The van der Waals surface area contributed by atoms with E-state index < -0.39 is 35.4 Å². The van der Waals surface area contributed by atoms with Crippen molar-refractivity contribution in [2.24, 2.45) is 4.99 Å². The Morgan fingerprint density at radius 3 is 2.12 bits per heavy atom. The molecular weight excluding hydrogens is 330 g/mol. The monoisotopic (exact) mass is 357 g/mol. The first-order chi connectivity index (χ1) is 11.3. The van der Waals surface area contributed by atoms with E-state index in [1.54, 1.807) is 41.5 Å². The van der Waals surface area contributed by atoms with E-state index in [-0.39, 0.29) is 5.96 Å². The maximum Gasteiger partial charge on any atom is 0.437 e. The SMILES string of the molecule is CC(C)(C)OC(=O)/N=C(\NC(=O)OC(C)(C)C)N1CCC[C@H]1C(=O)O. The van der Waals surface area contributed by atoms with Crippen molar-refractivity contribution in [1.29, 1.82) is 0 Å². The molecule has 0 aromatic heterocycles. The fraction of sp³-hybridized carbons (Fsp3) is 0.750. The smallest absolute Gasteiger partial charge is 0.437 e. The topological polar surface area (TPSA) is 118 Å². The molecule has 2 amide bonds. The van der Waals surface area contributed by atoms with Crippen LogP contribution in [0.2, 0.25) is 0 Å². The number of carbonyl (C=O) groups excluding carboxylic acids is 2. The van der Waals surface area contributed by atoms with E-state index in [0.29, 0.717) is 19.4 Å². The average Bonchev–Trinajstić information content (AvgIpc) is 2.81. The first-order valence-corrected chi connectivity index (χ1v) is 8.09. The summed E-state index contributed by atoms with van der Waals surface area (Å²) >= 11 is 0. The molecule has 1 saturated heterocycles. The van der Waals surface area contributed by atoms with Gasteiger partial charge in [0.1, 0.15) is 17.2 Å². The van der Waals surface area contributed by atoms with Crippen LogP contribution in [0.3, 0.4) is 0 Å². The van der Waals surface area contributed by atoms with E-state index in [1.807, 2.05) is 0 Å². The highest BCUT2D eigenvalue weighted by molar-refractivity contribution is 6.00. The Bertz CT molecular complexity index is 559. The highest BCUT2D eigenvalue weighted by Gasteiger charge is 2.35. The fourth-order valence-electron chi connectivity index (χ4n) is 2.21. The van der Waals surface area contributed by atoms with Gasteiger partial charge in [-0.3, -0.25) is 5.32 Å². The molecule has 0 aromatic carbocycles. The molecule has 2 N–H and O–H groups in total. The number of guanidine groups is 1. The lowest BCUT2D eigenvalue weighted by molar-refractivity contribution is -0.141.